The summed E-state index contributed by atoms with van der Waals surface area (Å²) >= 11 is 5.42. The number of anilines is 1. The summed E-state index contributed by atoms with van der Waals surface area (Å²) in [4.78, 5) is 26.8. The maximum Gasteiger partial charge on any atom is 0.261 e. The number of imide groups is 1. The summed E-state index contributed by atoms with van der Waals surface area (Å²) in [7, 11) is 0. The highest BCUT2D eigenvalue weighted by Gasteiger charge is 2.35. The number of rotatable bonds is 5. The molecule has 1 aliphatic heterocycles. The Morgan fingerprint density at radius 1 is 0.900 bits per heavy atom. The molecule has 0 aliphatic carbocycles. The molecule has 0 bridgehead atoms. The number of thiocarbonyl (C=S) groups is 1. The highest BCUT2D eigenvalue weighted by Crippen LogP contribution is 2.27. The number of nitrogens with one attached hydrogen (secondary N) is 2. The Labute approximate surface area is 180 Å². The van der Waals surface area contributed by atoms with Gasteiger partial charge < -0.3 is 10.6 Å². The van der Waals surface area contributed by atoms with Crippen molar-refractivity contribution in [2.45, 2.75) is 19.5 Å². The summed E-state index contributed by atoms with van der Waals surface area (Å²) in [5.41, 5.74) is 3.49. The molecule has 1 heterocycles. The Morgan fingerprint density at radius 2 is 1.53 bits per heavy atom. The number of nitrogens with zero attached hydrogens (tertiary/aromatic N) is 1. The van der Waals surface area contributed by atoms with E-state index < -0.39 is 0 Å². The molecule has 1 aliphatic rings. The van der Waals surface area contributed by atoms with E-state index in [0.717, 1.165) is 11.1 Å². The summed E-state index contributed by atoms with van der Waals surface area (Å²) in [5.74, 6) is -0.567. The predicted molar refractivity (Wildman–Crippen MR) is 121 cm³/mol. The first-order chi connectivity index (χ1) is 14.5. The van der Waals surface area contributed by atoms with Crippen LogP contribution in [0.15, 0.2) is 78.9 Å². The number of hydrogen-bond donors (Lipinski definition) is 2. The Morgan fingerprint density at radius 3 is 2.23 bits per heavy atom. The average Bonchev–Trinajstić information content (AvgIpc) is 2.99. The van der Waals surface area contributed by atoms with Crippen LogP contribution in [-0.2, 0) is 6.54 Å². The largest absolute Gasteiger partial charge is 0.356 e. The summed E-state index contributed by atoms with van der Waals surface area (Å²) < 4.78 is 0. The number of benzene rings is 3. The number of carbonyl (C=O) groups is 2. The lowest BCUT2D eigenvalue weighted by Gasteiger charge is -2.17. The summed E-state index contributed by atoms with van der Waals surface area (Å²) in [6, 6.07) is 24.6. The molecule has 1 atom stereocenters. The predicted octanol–water partition coefficient (Wildman–Crippen LogP) is 4.53. The van der Waals surface area contributed by atoms with E-state index in [1.807, 2.05) is 67.6 Å². The van der Waals surface area contributed by atoms with Gasteiger partial charge in [-0.15, -0.1) is 0 Å². The van der Waals surface area contributed by atoms with Gasteiger partial charge in [0.25, 0.3) is 11.8 Å². The molecule has 2 N–H and O–H groups in total. The number of fused-ring (bicyclic) bond motifs is 1. The molecular formula is C24H21N3O2S. The lowest BCUT2D eigenvalue weighted by Crippen LogP contribution is -2.31. The molecule has 0 spiro atoms. The molecule has 3 aromatic rings. The van der Waals surface area contributed by atoms with Gasteiger partial charge in [-0.25, -0.2) is 0 Å². The van der Waals surface area contributed by atoms with Gasteiger partial charge in [0.15, 0.2) is 5.11 Å². The molecule has 0 aromatic heterocycles. The molecule has 0 fully saturated rings. The van der Waals surface area contributed by atoms with E-state index >= 15 is 0 Å². The van der Waals surface area contributed by atoms with Crippen molar-refractivity contribution in [1.82, 2.24) is 10.2 Å². The van der Waals surface area contributed by atoms with Gasteiger partial charge in [0.05, 0.1) is 23.7 Å². The van der Waals surface area contributed by atoms with E-state index in [1.54, 1.807) is 18.2 Å². The molecule has 4 rings (SSSR count). The minimum absolute atomic E-state index is 0.0326. The molecular weight excluding hydrogens is 394 g/mol. The van der Waals surface area contributed by atoms with Crippen LogP contribution >= 0.6 is 12.2 Å². The van der Waals surface area contributed by atoms with Gasteiger partial charge in [0, 0.05) is 5.69 Å². The summed E-state index contributed by atoms with van der Waals surface area (Å²) in [6.07, 6.45) is 0. The van der Waals surface area contributed by atoms with E-state index in [0.29, 0.717) is 21.9 Å². The minimum Gasteiger partial charge on any atom is -0.356 e. The van der Waals surface area contributed by atoms with Crippen molar-refractivity contribution in [3.8, 4) is 0 Å². The second-order valence-corrected chi connectivity index (χ2v) is 7.58. The zero-order chi connectivity index (χ0) is 21.1. The zero-order valence-corrected chi connectivity index (χ0v) is 17.3. The van der Waals surface area contributed by atoms with Crippen LogP contribution in [0.1, 0.15) is 44.8 Å². The average molecular weight is 416 g/mol. The third-order valence-electron chi connectivity index (χ3n) is 5.06. The molecule has 150 valence electrons. The fourth-order valence-electron chi connectivity index (χ4n) is 3.47. The SMILES string of the molecule is C[C@@H](NC(=S)Nc1ccc2c(c1)C(=O)N(Cc1ccccc1)C2=O)c1ccccc1. The fourth-order valence-corrected chi connectivity index (χ4v) is 3.76. The first-order valence-corrected chi connectivity index (χ1v) is 10.1. The molecule has 30 heavy (non-hydrogen) atoms. The van der Waals surface area contributed by atoms with Gasteiger partial charge in [0.1, 0.15) is 0 Å². The lowest BCUT2D eigenvalue weighted by molar-refractivity contribution is 0.0642. The first kappa shape index (κ1) is 19.8. The lowest BCUT2D eigenvalue weighted by atomic mass is 10.1. The van der Waals surface area contributed by atoms with Crippen molar-refractivity contribution in [2.75, 3.05) is 5.32 Å². The van der Waals surface area contributed by atoms with Crippen LogP contribution in [0.25, 0.3) is 0 Å². The molecule has 5 nitrogen and oxygen atoms in total. The van der Waals surface area contributed by atoms with Gasteiger partial charge in [-0.3, -0.25) is 14.5 Å². The Bertz CT molecular complexity index is 1100. The fraction of sp³-hybridized carbons (Fsp3) is 0.125. The van der Waals surface area contributed by atoms with Gasteiger partial charge in [0.2, 0.25) is 0 Å². The van der Waals surface area contributed by atoms with Crippen LogP contribution in [0.3, 0.4) is 0 Å². The van der Waals surface area contributed by atoms with Crippen LogP contribution in [0.5, 0.6) is 0 Å². The molecule has 0 saturated heterocycles. The standard InChI is InChI=1S/C24H21N3O2S/c1-16(18-10-6-3-7-11-18)25-24(30)26-19-12-13-20-21(14-19)23(29)27(22(20)28)15-17-8-4-2-5-9-17/h2-14,16H,15H2,1H3,(H2,25,26,30)/t16-/m1/s1. The van der Waals surface area contributed by atoms with Crippen LogP contribution < -0.4 is 10.6 Å². The summed E-state index contributed by atoms with van der Waals surface area (Å²) in [5, 5.41) is 6.79. The van der Waals surface area contributed by atoms with Crippen LogP contribution in [0.4, 0.5) is 5.69 Å². The Balaban J connectivity index is 1.45. The third kappa shape index (κ3) is 4.09. The van der Waals surface area contributed by atoms with Crippen molar-refractivity contribution in [3.05, 3.63) is 101 Å². The quantitative estimate of drug-likeness (QED) is 0.474. The molecule has 6 heteroatoms. The van der Waals surface area contributed by atoms with Crippen LogP contribution in [0.2, 0.25) is 0 Å². The highest BCUT2D eigenvalue weighted by molar-refractivity contribution is 7.80. The molecule has 0 saturated carbocycles. The van der Waals surface area contributed by atoms with E-state index in [1.165, 1.54) is 4.90 Å². The zero-order valence-electron chi connectivity index (χ0n) is 16.5. The second-order valence-electron chi connectivity index (χ2n) is 7.17. The van der Waals surface area contributed by atoms with Crippen molar-refractivity contribution >= 4 is 34.8 Å². The maximum absolute atomic E-state index is 12.8. The maximum atomic E-state index is 12.8. The molecule has 0 unspecified atom stereocenters. The first-order valence-electron chi connectivity index (χ1n) is 9.69. The third-order valence-corrected chi connectivity index (χ3v) is 5.28. The van der Waals surface area contributed by atoms with E-state index in [4.69, 9.17) is 12.2 Å². The Kier molecular flexibility index (Phi) is 5.59. The van der Waals surface area contributed by atoms with Crippen LogP contribution in [0, 0.1) is 0 Å². The van der Waals surface area contributed by atoms with E-state index in [-0.39, 0.29) is 24.4 Å². The molecule has 0 radical (unpaired) electrons. The number of carbonyl (C=O) groups excluding carboxylic acids is 2. The molecule has 2 amide bonds. The molecule has 3 aromatic carbocycles. The van der Waals surface area contributed by atoms with Crippen LogP contribution in [-0.4, -0.2) is 21.8 Å². The topological polar surface area (TPSA) is 61.4 Å². The van der Waals surface area contributed by atoms with Crippen molar-refractivity contribution in [2.24, 2.45) is 0 Å². The van der Waals surface area contributed by atoms with Gasteiger partial charge in [-0.1, -0.05) is 60.7 Å². The summed E-state index contributed by atoms with van der Waals surface area (Å²) in [6.45, 7) is 2.28. The normalized spacial score (nSPS) is 13.7. The van der Waals surface area contributed by atoms with E-state index in [9.17, 15) is 9.59 Å². The van der Waals surface area contributed by atoms with E-state index in [2.05, 4.69) is 10.6 Å². The number of hydrogen-bond acceptors (Lipinski definition) is 3. The van der Waals surface area contributed by atoms with Crippen molar-refractivity contribution in [3.63, 3.8) is 0 Å². The van der Waals surface area contributed by atoms with Crippen molar-refractivity contribution in [1.29, 1.82) is 0 Å². The van der Waals surface area contributed by atoms with Gasteiger partial charge in [-0.05, 0) is 48.5 Å². The highest BCUT2D eigenvalue weighted by atomic mass is 32.1. The van der Waals surface area contributed by atoms with Gasteiger partial charge >= 0.3 is 0 Å². The minimum atomic E-state index is -0.293. The van der Waals surface area contributed by atoms with Crippen molar-refractivity contribution < 1.29 is 9.59 Å². The Hall–Kier alpha value is -3.51. The van der Waals surface area contributed by atoms with Gasteiger partial charge in [-0.2, -0.15) is 0 Å². The number of amides is 2. The monoisotopic (exact) mass is 415 g/mol. The second kappa shape index (κ2) is 8.47. The smallest absolute Gasteiger partial charge is 0.261 e.